The van der Waals surface area contributed by atoms with E-state index in [0.717, 1.165) is 0 Å². The van der Waals surface area contributed by atoms with Crippen molar-refractivity contribution in [3.63, 3.8) is 0 Å². The second kappa shape index (κ2) is 10.1. The zero-order chi connectivity index (χ0) is 25.1. The number of ketones is 1. The third kappa shape index (κ3) is 4.82. The monoisotopic (exact) mass is 475 g/mol. The van der Waals surface area contributed by atoms with Crippen molar-refractivity contribution in [3.05, 3.63) is 71.4 Å². The molecular weight excluding hydrogens is 446 g/mol. The molecule has 1 saturated heterocycles. The summed E-state index contributed by atoms with van der Waals surface area (Å²) in [5.74, 6) is -1.55. The molecule has 1 aliphatic rings. The van der Waals surface area contributed by atoms with Crippen LogP contribution >= 0.6 is 0 Å². The van der Waals surface area contributed by atoms with Gasteiger partial charge < -0.3 is 19.5 Å². The molecule has 0 bridgehead atoms. The molecule has 1 aromatic heterocycles. The van der Waals surface area contributed by atoms with Crippen LogP contribution in [0.2, 0.25) is 0 Å². The number of aromatic amines is 1. The largest absolute Gasteiger partial charge is 0.465 e. The summed E-state index contributed by atoms with van der Waals surface area (Å²) in [5.41, 5.74) is 1.56. The maximum atomic E-state index is 13.3. The molecule has 0 spiro atoms. The Balaban J connectivity index is 1.56. The number of piperazine rings is 1. The molecule has 2 amide bonds. The number of esters is 1. The molecule has 0 aliphatic carbocycles. The molecule has 1 unspecified atom stereocenters. The van der Waals surface area contributed by atoms with Crippen LogP contribution in [0.15, 0.2) is 54.7 Å². The molecule has 1 atom stereocenters. The van der Waals surface area contributed by atoms with Crippen molar-refractivity contribution in [2.24, 2.45) is 5.92 Å². The van der Waals surface area contributed by atoms with Crippen LogP contribution in [0.5, 0.6) is 0 Å². The van der Waals surface area contributed by atoms with Crippen LogP contribution in [0, 0.1) is 5.92 Å². The first kappa shape index (κ1) is 24.2. The molecule has 1 fully saturated rings. The van der Waals surface area contributed by atoms with Gasteiger partial charge in [0, 0.05) is 42.8 Å². The summed E-state index contributed by atoms with van der Waals surface area (Å²) in [6.45, 7) is 5.05. The topological polar surface area (TPSA) is 99.8 Å². The number of nitrogens with zero attached hydrogens (tertiary/aromatic N) is 2. The number of nitrogens with one attached hydrogen (secondary N) is 1. The van der Waals surface area contributed by atoms with Crippen LogP contribution in [0.1, 0.15) is 51.3 Å². The summed E-state index contributed by atoms with van der Waals surface area (Å²) in [6.07, 6.45) is 2.17. The zero-order valence-corrected chi connectivity index (χ0v) is 20.1. The number of benzene rings is 2. The minimum atomic E-state index is -0.649. The Labute approximate surface area is 203 Å². The summed E-state index contributed by atoms with van der Waals surface area (Å²) in [4.78, 5) is 58.0. The van der Waals surface area contributed by atoms with Crippen molar-refractivity contribution in [1.29, 1.82) is 0 Å². The van der Waals surface area contributed by atoms with E-state index in [4.69, 9.17) is 4.74 Å². The van der Waals surface area contributed by atoms with Crippen molar-refractivity contribution in [2.75, 3.05) is 26.7 Å². The van der Waals surface area contributed by atoms with Crippen LogP contribution < -0.4 is 0 Å². The van der Waals surface area contributed by atoms with Crippen LogP contribution in [0.4, 0.5) is 0 Å². The van der Waals surface area contributed by atoms with Crippen molar-refractivity contribution in [2.45, 2.75) is 26.3 Å². The van der Waals surface area contributed by atoms with Crippen molar-refractivity contribution in [1.82, 2.24) is 14.8 Å². The predicted molar refractivity (Wildman–Crippen MR) is 131 cm³/mol. The number of fused-ring (bicyclic) bond motifs is 1. The van der Waals surface area contributed by atoms with Gasteiger partial charge in [-0.15, -0.1) is 0 Å². The maximum absolute atomic E-state index is 13.3. The van der Waals surface area contributed by atoms with Gasteiger partial charge >= 0.3 is 5.97 Å². The molecular formula is C27H29N3O5. The summed E-state index contributed by atoms with van der Waals surface area (Å²) < 4.78 is 4.81. The lowest BCUT2D eigenvalue weighted by Gasteiger charge is -2.42. The zero-order valence-electron chi connectivity index (χ0n) is 20.1. The number of carbonyl (C=O) groups is 4. The quantitative estimate of drug-likeness (QED) is 0.334. The van der Waals surface area contributed by atoms with Gasteiger partial charge in [0.1, 0.15) is 0 Å². The molecule has 2 aromatic carbocycles. The Hall–Kier alpha value is -3.94. The van der Waals surface area contributed by atoms with E-state index in [9.17, 15) is 19.2 Å². The van der Waals surface area contributed by atoms with Crippen LogP contribution in [-0.2, 0) is 9.53 Å². The Kier molecular flexibility index (Phi) is 7.00. The molecule has 2 heterocycles. The Morgan fingerprint density at radius 2 is 1.74 bits per heavy atom. The number of para-hydroxylation sites is 1. The normalized spacial score (nSPS) is 15.9. The van der Waals surface area contributed by atoms with Gasteiger partial charge in [-0.3, -0.25) is 14.4 Å². The van der Waals surface area contributed by atoms with Gasteiger partial charge in [0.25, 0.3) is 17.6 Å². The van der Waals surface area contributed by atoms with Gasteiger partial charge in [0.05, 0.1) is 23.8 Å². The van der Waals surface area contributed by atoms with E-state index in [1.165, 1.54) is 18.2 Å². The van der Waals surface area contributed by atoms with Crippen LogP contribution in [-0.4, -0.2) is 71.1 Å². The van der Waals surface area contributed by atoms with Gasteiger partial charge in [0.2, 0.25) is 0 Å². The van der Waals surface area contributed by atoms with Crippen molar-refractivity contribution in [3.8, 4) is 0 Å². The van der Waals surface area contributed by atoms with E-state index >= 15 is 0 Å². The van der Waals surface area contributed by atoms with Gasteiger partial charge in [-0.2, -0.15) is 0 Å². The highest BCUT2D eigenvalue weighted by atomic mass is 16.5. The number of aromatic nitrogens is 1. The molecule has 0 radical (unpaired) electrons. The minimum absolute atomic E-state index is 0.0679. The van der Waals surface area contributed by atoms with Crippen LogP contribution in [0.25, 0.3) is 10.9 Å². The summed E-state index contributed by atoms with van der Waals surface area (Å²) in [5, 5.41) is 0.489. The van der Waals surface area contributed by atoms with Gasteiger partial charge in [-0.1, -0.05) is 44.2 Å². The fourth-order valence-electron chi connectivity index (χ4n) is 4.68. The molecule has 8 heteroatoms. The van der Waals surface area contributed by atoms with E-state index in [1.807, 2.05) is 23.1 Å². The summed E-state index contributed by atoms with van der Waals surface area (Å²) >= 11 is 0. The number of carbonyl (C=O) groups excluding carboxylic acids is 4. The minimum Gasteiger partial charge on any atom is -0.465 e. The molecule has 35 heavy (non-hydrogen) atoms. The Morgan fingerprint density at radius 1 is 1.00 bits per heavy atom. The van der Waals surface area contributed by atoms with Crippen molar-refractivity contribution < 1.29 is 23.9 Å². The number of methoxy groups -OCH3 is 1. The maximum Gasteiger partial charge on any atom is 0.339 e. The lowest BCUT2D eigenvalue weighted by molar-refractivity contribution is -0.129. The molecule has 1 aliphatic heterocycles. The lowest BCUT2D eigenvalue weighted by atomic mass is 9.98. The molecule has 1 N–H and O–H groups in total. The second-order valence-electron chi connectivity index (χ2n) is 9.15. The third-order valence-electron chi connectivity index (χ3n) is 6.35. The van der Waals surface area contributed by atoms with Crippen LogP contribution in [0.3, 0.4) is 0 Å². The van der Waals surface area contributed by atoms with Gasteiger partial charge in [0.15, 0.2) is 0 Å². The summed E-state index contributed by atoms with van der Waals surface area (Å²) in [6, 6.07) is 13.8. The third-order valence-corrected chi connectivity index (χ3v) is 6.35. The first-order chi connectivity index (χ1) is 16.8. The fraction of sp³-hybridized carbons (Fsp3) is 0.333. The van der Waals surface area contributed by atoms with E-state index in [-0.39, 0.29) is 30.6 Å². The Bertz CT molecular complexity index is 1260. The highest BCUT2D eigenvalue weighted by Gasteiger charge is 2.36. The molecule has 8 nitrogen and oxygen atoms in total. The van der Waals surface area contributed by atoms with Crippen molar-refractivity contribution >= 4 is 34.5 Å². The van der Waals surface area contributed by atoms with Gasteiger partial charge in [-0.25, -0.2) is 4.79 Å². The standard InChI is InChI=1S/C27H29N3O5/c1-17(2)14-19-16-29(12-13-30(19)25(32)18-8-5-4-6-9-18)26(33)24(31)22-15-28-23-20(22)10-7-11-21(23)27(34)35-3/h4-11,15,17,19,28H,12-14,16H2,1-3H3. The number of ether oxygens (including phenoxy) is 1. The van der Waals surface area contributed by atoms with Gasteiger partial charge in [-0.05, 0) is 30.5 Å². The SMILES string of the molecule is COC(=O)c1cccc2c(C(=O)C(=O)N3CCN(C(=O)c4ccccc4)C(CC(C)C)C3)c[nH]c12. The molecule has 3 aromatic rings. The fourth-order valence-corrected chi connectivity index (χ4v) is 4.68. The number of hydrogen-bond acceptors (Lipinski definition) is 5. The first-order valence-corrected chi connectivity index (χ1v) is 11.7. The predicted octanol–water partition coefficient (Wildman–Crippen LogP) is 3.54. The number of Topliss-reactive ketones (excluding diaryl/α,β-unsaturated/α-hetero) is 1. The summed E-state index contributed by atoms with van der Waals surface area (Å²) in [7, 11) is 1.29. The molecule has 182 valence electrons. The van der Waals surface area contributed by atoms with E-state index in [1.54, 1.807) is 30.3 Å². The van der Waals surface area contributed by atoms with E-state index in [0.29, 0.717) is 40.9 Å². The number of hydrogen-bond donors (Lipinski definition) is 1. The number of rotatable bonds is 6. The average molecular weight is 476 g/mol. The highest BCUT2D eigenvalue weighted by Crippen LogP contribution is 2.25. The Morgan fingerprint density at radius 3 is 2.43 bits per heavy atom. The highest BCUT2D eigenvalue weighted by molar-refractivity contribution is 6.45. The smallest absolute Gasteiger partial charge is 0.339 e. The second-order valence-corrected chi connectivity index (χ2v) is 9.15. The lowest BCUT2D eigenvalue weighted by Crippen LogP contribution is -2.57. The molecule has 4 rings (SSSR count). The number of H-pyrrole nitrogens is 1. The van der Waals surface area contributed by atoms with E-state index < -0.39 is 17.7 Å². The van der Waals surface area contributed by atoms with E-state index in [2.05, 4.69) is 18.8 Å². The molecule has 0 saturated carbocycles. The average Bonchev–Trinajstić information content (AvgIpc) is 3.31. The first-order valence-electron chi connectivity index (χ1n) is 11.7. The number of amides is 2.